The SMILES string of the molecule is CN1CCN(c2ccccc2NC(=O)C2CCCN(C(=O)c3ccc(F)cc3)C2)CC1. The number of nitrogens with one attached hydrogen (secondary N) is 1. The van der Waals surface area contributed by atoms with Crippen LogP contribution in [0.2, 0.25) is 0 Å². The van der Waals surface area contributed by atoms with Gasteiger partial charge in [-0.05, 0) is 56.3 Å². The molecule has 2 aromatic carbocycles. The molecule has 7 heteroatoms. The molecule has 1 unspecified atom stereocenters. The summed E-state index contributed by atoms with van der Waals surface area (Å²) in [5.74, 6) is -0.848. The van der Waals surface area contributed by atoms with Crippen LogP contribution in [0.25, 0.3) is 0 Å². The molecule has 31 heavy (non-hydrogen) atoms. The molecule has 1 N–H and O–H groups in total. The second-order valence-corrected chi connectivity index (χ2v) is 8.39. The second kappa shape index (κ2) is 9.47. The number of hydrogen-bond acceptors (Lipinski definition) is 4. The van der Waals surface area contributed by atoms with Crippen molar-refractivity contribution in [2.75, 3.05) is 56.5 Å². The lowest BCUT2D eigenvalue weighted by Crippen LogP contribution is -2.45. The molecule has 0 radical (unpaired) electrons. The maximum absolute atomic E-state index is 13.2. The van der Waals surface area contributed by atoms with E-state index in [2.05, 4.69) is 22.2 Å². The molecule has 2 heterocycles. The number of halogens is 1. The zero-order valence-corrected chi connectivity index (χ0v) is 17.9. The average molecular weight is 425 g/mol. The van der Waals surface area contributed by atoms with E-state index in [-0.39, 0.29) is 23.5 Å². The fraction of sp³-hybridized carbons (Fsp3) is 0.417. The standard InChI is InChI=1S/C24H29FN4O2/c1-27-13-15-28(16-14-27)22-7-3-2-6-21(22)26-23(30)19-5-4-12-29(17-19)24(31)18-8-10-20(25)11-9-18/h2-3,6-11,19H,4-5,12-17H2,1H3,(H,26,30). The Morgan fingerprint density at radius 2 is 1.68 bits per heavy atom. The van der Waals surface area contributed by atoms with Gasteiger partial charge >= 0.3 is 0 Å². The molecule has 2 aliphatic rings. The highest BCUT2D eigenvalue weighted by Crippen LogP contribution is 2.28. The lowest BCUT2D eigenvalue weighted by Gasteiger charge is -2.35. The van der Waals surface area contributed by atoms with E-state index < -0.39 is 0 Å². The van der Waals surface area contributed by atoms with Crippen molar-refractivity contribution in [3.63, 3.8) is 0 Å². The van der Waals surface area contributed by atoms with Gasteiger partial charge in [-0.25, -0.2) is 4.39 Å². The lowest BCUT2D eigenvalue weighted by molar-refractivity contribution is -0.121. The summed E-state index contributed by atoms with van der Waals surface area (Å²) in [4.78, 5) is 32.2. The fourth-order valence-electron chi connectivity index (χ4n) is 4.29. The molecular weight excluding hydrogens is 395 g/mol. The molecule has 0 spiro atoms. The predicted molar refractivity (Wildman–Crippen MR) is 120 cm³/mol. The van der Waals surface area contributed by atoms with Gasteiger partial charge in [0.1, 0.15) is 5.82 Å². The minimum absolute atomic E-state index is 0.0572. The number of piperidine rings is 1. The zero-order chi connectivity index (χ0) is 21.8. The molecule has 0 saturated carbocycles. The molecule has 0 aliphatic carbocycles. The van der Waals surface area contributed by atoms with E-state index in [9.17, 15) is 14.0 Å². The monoisotopic (exact) mass is 424 g/mol. The van der Waals surface area contributed by atoms with Gasteiger partial charge in [-0.1, -0.05) is 12.1 Å². The first-order chi connectivity index (χ1) is 15.0. The maximum Gasteiger partial charge on any atom is 0.253 e. The van der Waals surface area contributed by atoms with Crippen LogP contribution in [-0.2, 0) is 4.79 Å². The molecule has 0 aromatic heterocycles. The van der Waals surface area contributed by atoms with Gasteiger partial charge < -0.3 is 20.0 Å². The van der Waals surface area contributed by atoms with Crippen LogP contribution in [0.5, 0.6) is 0 Å². The van der Waals surface area contributed by atoms with Crippen molar-refractivity contribution >= 4 is 23.2 Å². The largest absolute Gasteiger partial charge is 0.367 e. The highest BCUT2D eigenvalue weighted by Gasteiger charge is 2.29. The van der Waals surface area contributed by atoms with Crippen molar-refractivity contribution in [2.45, 2.75) is 12.8 Å². The number of likely N-dealkylation sites (N-methyl/N-ethyl adjacent to an activating group) is 1. The predicted octanol–water partition coefficient (Wildman–Crippen LogP) is 3.07. The lowest BCUT2D eigenvalue weighted by atomic mass is 9.96. The number of hydrogen-bond donors (Lipinski definition) is 1. The van der Waals surface area contributed by atoms with Gasteiger partial charge in [-0.3, -0.25) is 9.59 Å². The van der Waals surface area contributed by atoms with Gasteiger partial charge in [0.25, 0.3) is 5.91 Å². The van der Waals surface area contributed by atoms with E-state index in [0.717, 1.165) is 50.4 Å². The van der Waals surface area contributed by atoms with Crippen LogP contribution in [0.15, 0.2) is 48.5 Å². The number of benzene rings is 2. The van der Waals surface area contributed by atoms with E-state index in [4.69, 9.17) is 0 Å². The van der Waals surface area contributed by atoms with Crippen LogP contribution in [0.4, 0.5) is 15.8 Å². The molecule has 2 aliphatic heterocycles. The number of para-hydroxylation sites is 2. The van der Waals surface area contributed by atoms with E-state index in [1.54, 1.807) is 4.90 Å². The van der Waals surface area contributed by atoms with Crippen molar-refractivity contribution in [2.24, 2.45) is 5.92 Å². The Morgan fingerprint density at radius 1 is 0.968 bits per heavy atom. The first-order valence-corrected chi connectivity index (χ1v) is 10.9. The zero-order valence-electron chi connectivity index (χ0n) is 17.9. The molecule has 2 aromatic rings. The van der Waals surface area contributed by atoms with Gasteiger partial charge in [-0.15, -0.1) is 0 Å². The van der Waals surface area contributed by atoms with Gasteiger partial charge in [-0.2, -0.15) is 0 Å². The summed E-state index contributed by atoms with van der Waals surface area (Å²) in [6.07, 6.45) is 1.51. The van der Waals surface area contributed by atoms with Crippen molar-refractivity contribution < 1.29 is 14.0 Å². The number of amides is 2. The second-order valence-electron chi connectivity index (χ2n) is 8.39. The Balaban J connectivity index is 1.42. The molecule has 6 nitrogen and oxygen atoms in total. The number of likely N-dealkylation sites (tertiary alicyclic amines) is 1. The Labute approximate surface area is 182 Å². The molecule has 4 rings (SSSR count). The van der Waals surface area contributed by atoms with E-state index >= 15 is 0 Å². The van der Waals surface area contributed by atoms with Crippen LogP contribution in [0.1, 0.15) is 23.2 Å². The number of nitrogens with zero attached hydrogens (tertiary/aromatic N) is 3. The summed E-state index contributed by atoms with van der Waals surface area (Å²) in [6, 6.07) is 13.5. The third kappa shape index (κ3) is 5.05. The number of carbonyl (C=O) groups is 2. The van der Waals surface area contributed by atoms with Crippen LogP contribution in [-0.4, -0.2) is 67.9 Å². The topological polar surface area (TPSA) is 55.9 Å². The van der Waals surface area contributed by atoms with Gasteiger partial charge in [0.2, 0.25) is 5.91 Å². The summed E-state index contributed by atoms with van der Waals surface area (Å²) in [5.41, 5.74) is 2.31. The molecule has 0 bridgehead atoms. The van der Waals surface area contributed by atoms with Crippen LogP contribution >= 0.6 is 0 Å². The average Bonchev–Trinajstić information content (AvgIpc) is 2.80. The maximum atomic E-state index is 13.2. The van der Waals surface area contributed by atoms with Crippen LogP contribution in [0.3, 0.4) is 0 Å². The Kier molecular flexibility index (Phi) is 6.51. The van der Waals surface area contributed by atoms with Crippen molar-refractivity contribution in [3.05, 3.63) is 59.9 Å². The summed E-state index contributed by atoms with van der Waals surface area (Å²) < 4.78 is 13.2. The summed E-state index contributed by atoms with van der Waals surface area (Å²) in [5, 5.41) is 3.11. The number of rotatable bonds is 4. The Bertz CT molecular complexity index is 925. The summed E-state index contributed by atoms with van der Waals surface area (Å²) >= 11 is 0. The van der Waals surface area contributed by atoms with E-state index in [1.165, 1.54) is 24.3 Å². The smallest absolute Gasteiger partial charge is 0.253 e. The highest BCUT2D eigenvalue weighted by atomic mass is 19.1. The number of piperazine rings is 1. The minimum Gasteiger partial charge on any atom is -0.367 e. The van der Waals surface area contributed by atoms with Crippen LogP contribution in [0, 0.1) is 11.7 Å². The summed E-state index contributed by atoms with van der Waals surface area (Å²) in [6.45, 7) is 4.81. The first kappa shape index (κ1) is 21.3. The van der Waals surface area contributed by atoms with Crippen molar-refractivity contribution in [3.8, 4) is 0 Å². The molecule has 2 amide bonds. The Hall–Kier alpha value is -2.93. The minimum atomic E-state index is -0.369. The molecule has 1 atom stereocenters. The number of anilines is 2. The number of carbonyl (C=O) groups excluding carboxylic acids is 2. The van der Waals surface area contributed by atoms with Gasteiger partial charge in [0.05, 0.1) is 17.3 Å². The van der Waals surface area contributed by atoms with Gasteiger partial charge in [0.15, 0.2) is 0 Å². The van der Waals surface area contributed by atoms with E-state index in [1.807, 2.05) is 24.3 Å². The highest BCUT2D eigenvalue weighted by molar-refractivity contribution is 5.97. The summed E-state index contributed by atoms with van der Waals surface area (Å²) in [7, 11) is 2.12. The van der Waals surface area contributed by atoms with Crippen molar-refractivity contribution in [1.29, 1.82) is 0 Å². The normalized spacial score (nSPS) is 19.9. The fourth-order valence-corrected chi connectivity index (χ4v) is 4.29. The molecule has 2 fully saturated rings. The third-order valence-corrected chi connectivity index (χ3v) is 6.18. The Morgan fingerprint density at radius 3 is 2.42 bits per heavy atom. The van der Waals surface area contributed by atoms with Crippen molar-refractivity contribution in [1.82, 2.24) is 9.80 Å². The first-order valence-electron chi connectivity index (χ1n) is 10.9. The molecular formula is C24H29FN4O2. The third-order valence-electron chi connectivity index (χ3n) is 6.18. The quantitative estimate of drug-likeness (QED) is 0.820. The van der Waals surface area contributed by atoms with Gasteiger partial charge in [0, 0.05) is 44.8 Å². The molecule has 164 valence electrons. The molecule has 2 saturated heterocycles. The van der Waals surface area contributed by atoms with Crippen LogP contribution < -0.4 is 10.2 Å². The van der Waals surface area contributed by atoms with E-state index in [0.29, 0.717) is 18.7 Å².